The number of rotatable bonds is 10. The molecule has 2 aromatic rings. The molecule has 1 aromatic carbocycles. The molecule has 33 heavy (non-hydrogen) atoms. The van der Waals surface area contributed by atoms with Crippen molar-refractivity contribution in [2.75, 3.05) is 38.2 Å². The summed E-state index contributed by atoms with van der Waals surface area (Å²) in [6.07, 6.45) is 5.43. The second-order valence-electron chi connectivity index (χ2n) is 9.31. The van der Waals surface area contributed by atoms with E-state index >= 15 is 0 Å². The molecule has 0 spiro atoms. The SMILES string of the molecule is O=C(O)C(c1ccccc1C1CC1)N1CC[C@@H](OCCOCc2ccc3c(n2)NCCC3)C1. The quantitative estimate of drug-likeness (QED) is 0.532. The summed E-state index contributed by atoms with van der Waals surface area (Å²) >= 11 is 0. The summed E-state index contributed by atoms with van der Waals surface area (Å²) < 4.78 is 11.8. The molecule has 2 atom stereocenters. The van der Waals surface area contributed by atoms with Crippen LogP contribution in [-0.4, -0.2) is 59.9 Å². The number of aliphatic carboxylic acids is 1. The number of ether oxygens (including phenoxy) is 2. The fraction of sp³-hybridized carbons (Fsp3) is 0.538. The van der Waals surface area contributed by atoms with Crippen molar-refractivity contribution in [1.29, 1.82) is 0 Å². The van der Waals surface area contributed by atoms with Gasteiger partial charge in [-0.05, 0) is 60.8 Å². The highest BCUT2D eigenvalue weighted by molar-refractivity contribution is 5.76. The van der Waals surface area contributed by atoms with Gasteiger partial charge in [-0.25, -0.2) is 4.98 Å². The number of carbonyl (C=O) groups is 1. The lowest BCUT2D eigenvalue weighted by Gasteiger charge is -2.26. The Morgan fingerprint density at radius 3 is 2.91 bits per heavy atom. The van der Waals surface area contributed by atoms with Crippen molar-refractivity contribution in [3.8, 4) is 0 Å². The van der Waals surface area contributed by atoms with Crippen molar-refractivity contribution in [2.24, 2.45) is 0 Å². The van der Waals surface area contributed by atoms with Crippen LogP contribution >= 0.6 is 0 Å². The average molecular weight is 452 g/mol. The van der Waals surface area contributed by atoms with E-state index in [0.29, 0.717) is 32.3 Å². The molecule has 7 nitrogen and oxygen atoms in total. The first kappa shape index (κ1) is 22.3. The zero-order valence-electron chi connectivity index (χ0n) is 19.0. The van der Waals surface area contributed by atoms with Gasteiger partial charge in [0.05, 0.1) is 31.6 Å². The van der Waals surface area contributed by atoms with Crippen LogP contribution in [0.3, 0.4) is 0 Å². The van der Waals surface area contributed by atoms with Gasteiger partial charge in [0, 0.05) is 19.6 Å². The van der Waals surface area contributed by atoms with Gasteiger partial charge in [-0.1, -0.05) is 30.3 Å². The molecular formula is C26H33N3O4. The van der Waals surface area contributed by atoms with Crippen molar-refractivity contribution < 1.29 is 19.4 Å². The lowest BCUT2D eigenvalue weighted by Crippen LogP contribution is -2.34. The van der Waals surface area contributed by atoms with Gasteiger partial charge < -0.3 is 19.9 Å². The second-order valence-corrected chi connectivity index (χ2v) is 9.31. The second kappa shape index (κ2) is 10.2. The van der Waals surface area contributed by atoms with Crippen LogP contribution in [-0.2, 0) is 27.3 Å². The number of hydrogen-bond acceptors (Lipinski definition) is 6. The third-order valence-corrected chi connectivity index (χ3v) is 6.87. The molecule has 0 radical (unpaired) electrons. The van der Waals surface area contributed by atoms with Crippen molar-refractivity contribution in [3.05, 3.63) is 58.8 Å². The maximum absolute atomic E-state index is 12.2. The number of anilines is 1. The van der Waals surface area contributed by atoms with E-state index in [-0.39, 0.29) is 6.10 Å². The van der Waals surface area contributed by atoms with Crippen molar-refractivity contribution in [1.82, 2.24) is 9.88 Å². The largest absolute Gasteiger partial charge is 0.480 e. The summed E-state index contributed by atoms with van der Waals surface area (Å²) in [6, 6.07) is 11.6. The molecular weight excluding hydrogens is 418 g/mol. The smallest absolute Gasteiger partial charge is 0.325 e. The van der Waals surface area contributed by atoms with E-state index in [9.17, 15) is 9.90 Å². The number of carboxylic acids is 1. The Morgan fingerprint density at radius 1 is 1.18 bits per heavy atom. The fourth-order valence-corrected chi connectivity index (χ4v) is 5.04. The third-order valence-electron chi connectivity index (χ3n) is 6.87. The number of fused-ring (bicyclic) bond motifs is 1. The van der Waals surface area contributed by atoms with E-state index < -0.39 is 12.0 Å². The normalized spacial score (nSPS) is 21.4. The van der Waals surface area contributed by atoms with Gasteiger partial charge in [-0.15, -0.1) is 0 Å². The summed E-state index contributed by atoms with van der Waals surface area (Å²) in [5.41, 5.74) is 4.35. The molecule has 1 aromatic heterocycles. The van der Waals surface area contributed by atoms with Gasteiger partial charge in [-0.2, -0.15) is 0 Å². The molecule has 176 valence electrons. The number of nitrogens with one attached hydrogen (secondary N) is 1. The number of pyridine rings is 1. The Hall–Kier alpha value is -2.48. The van der Waals surface area contributed by atoms with Gasteiger partial charge in [0.1, 0.15) is 11.9 Å². The summed E-state index contributed by atoms with van der Waals surface area (Å²) in [5, 5.41) is 13.4. The lowest BCUT2D eigenvalue weighted by molar-refractivity contribution is -0.143. The van der Waals surface area contributed by atoms with Gasteiger partial charge in [-0.3, -0.25) is 9.69 Å². The van der Waals surface area contributed by atoms with Gasteiger partial charge in [0.2, 0.25) is 0 Å². The maximum atomic E-state index is 12.2. The van der Waals surface area contributed by atoms with Crippen LogP contribution in [0, 0.1) is 0 Å². The summed E-state index contributed by atoms with van der Waals surface area (Å²) in [6.45, 7) is 3.80. The zero-order chi connectivity index (χ0) is 22.6. The first-order chi connectivity index (χ1) is 16.2. The number of benzene rings is 1. The van der Waals surface area contributed by atoms with E-state index in [0.717, 1.165) is 62.3 Å². The number of hydrogen-bond donors (Lipinski definition) is 2. The minimum atomic E-state index is -0.779. The van der Waals surface area contributed by atoms with Crippen LogP contribution in [0.1, 0.15) is 60.0 Å². The van der Waals surface area contributed by atoms with Crippen molar-refractivity contribution in [3.63, 3.8) is 0 Å². The Balaban J connectivity index is 1.08. The highest BCUT2D eigenvalue weighted by Crippen LogP contribution is 2.44. The molecule has 0 bridgehead atoms. The van der Waals surface area contributed by atoms with E-state index in [1.807, 2.05) is 24.3 Å². The first-order valence-corrected chi connectivity index (χ1v) is 12.2. The molecule has 2 aliphatic heterocycles. The van der Waals surface area contributed by atoms with Gasteiger partial charge in [0.15, 0.2) is 0 Å². The molecule has 1 unspecified atom stereocenters. The highest BCUT2D eigenvalue weighted by atomic mass is 16.5. The highest BCUT2D eigenvalue weighted by Gasteiger charge is 2.37. The van der Waals surface area contributed by atoms with E-state index in [1.165, 1.54) is 11.1 Å². The Labute approximate surface area is 195 Å². The number of likely N-dealkylation sites (tertiary alicyclic amines) is 1. The minimum absolute atomic E-state index is 0.0367. The topological polar surface area (TPSA) is 83.9 Å². The van der Waals surface area contributed by atoms with Crippen LogP contribution in [0.2, 0.25) is 0 Å². The Morgan fingerprint density at radius 2 is 2.06 bits per heavy atom. The predicted octanol–water partition coefficient (Wildman–Crippen LogP) is 3.75. The van der Waals surface area contributed by atoms with E-state index in [1.54, 1.807) is 0 Å². The zero-order valence-corrected chi connectivity index (χ0v) is 19.0. The molecule has 3 aliphatic rings. The summed E-state index contributed by atoms with van der Waals surface area (Å²) in [7, 11) is 0. The molecule has 0 amide bonds. The van der Waals surface area contributed by atoms with E-state index in [4.69, 9.17) is 9.47 Å². The Kier molecular flexibility index (Phi) is 6.90. The molecule has 1 saturated carbocycles. The molecule has 5 rings (SSSR count). The number of carboxylic acid groups (broad SMARTS) is 1. The summed E-state index contributed by atoms with van der Waals surface area (Å²) in [4.78, 5) is 18.9. The van der Waals surface area contributed by atoms with Crippen LogP contribution in [0.15, 0.2) is 36.4 Å². The summed E-state index contributed by atoms with van der Waals surface area (Å²) in [5.74, 6) is 0.732. The predicted molar refractivity (Wildman–Crippen MR) is 125 cm³/mol. The molecule has 1 saturated heterocycles. The van der Waals surface area contributed by atoms with Gasteiger partial charge >= 0.3 is 5.97 Å². The molecule has 1 aliphatic carbocycles. The number of aryl methyl sites for hydroxylation is 1. The monoisotopic (exact) mass is 451 g/mol. The molecule has 2 fully saturated rings. The fourth-order valence-electron chi connectivity index (χ4n) is 5.04. The van der Waals surface area contributed by atoms with Crippen molar-refractivity contribution >= 4 is 11.8 Å². The average Bonchev–Trinajstić information content (AvgIpc) is 3.58. The number of aromatic nitrogens is 1. The minimum Gasteiger partial charge on any atom is -0.480 e. The van der Waals surface area contributed by atoms with Crippen LogP contribution < -0.4 is 5.32 Å². The lowest BCUT2D eigenvalue weighted by atomic mass is 9.96. The van der Waals surface area contributed by atoms with Crippen molar-refractivity contribution in [2.45, 2.75) is 56.8 Å². The maximum Gasteiger partial charge on any atom is 0.325 e. The third kappa shape index (κ3) is 5.37. The van der Waals surface area contributed by atoms with Crippen LogP contribution in [0.25, 0.3) is 0 Å². The first-order valence-electron chi connectivity index (χ1n) is 12.2. The van der Waals surface area contributed by atoms with Crippen LogP contribution in [0.4, 0.5) is 5.82 Å². The van der Waals surface area contributed by atoms with Gasteiger partial charge in [0.25, 0.3) is 0 Å². The standard InChI is InChI=1S/C26H33N3O4/c30-26(31)24(23-6-2-1-5-22(23)18-7-8-18)29-13-11-21(16-29)33-15-14-32-17-20-10-9-19-4-3-12-27-25(19)28-20/h1-2,5-6,9-10,18,21,24H,3-4,7-8,11-17H2,(H,27,28)(H,30,31)/t21-,24?/m1/s1. The molecule has 2 N–H and O–H groups in total. The number of nitrogens with zero attached hydrogens (tertiary/aromatic N) is 2. The molecule has 7 heteroatoms. The van der Waals surface area contributed by atoms with E-state index in [2.05, 4.69) is 27.3 Å². The Bertz CT molecular complexity index is 978. The van der Waals surface area contributed by atoms with Crippen LogP contribution in [0.5, 0.6) is 0 Å². The molecule has 3 heterocycles.